The second-order valence-electron chi connectivity index (χ2n) is 4.17. The minimum atomic E-state index is -0.478. The topological polar surface area (TPSA) is 65.2 Å². The van der Waals surface area contributed by atoms with E-state index in [4.69, 9.17) is 10.5 Å². The summed E-state index contributed by atoms with van der Waals surface area (Å²) >= 11 is 1.58. The average Bonchev–Trinajstić information content (AvgIpc) is 2.82. The lowest BCUT2D eigenvalue weighted by Crippen LogP contribution is -2.13. The van der Waals surface area contributed by atoms with E-state index in [2.05, 4.69) is 4.98 Å². The molecular formula is C14H16N2O2S. The highest BCUT2D eigenvalue weighted by Crippen LogP contribution is 2.30. The monoisotopic (exact) mass is 276 g/mol. The van der Waals surface area contributed by atoms with Gasteiger partial charge in [-0.25, -0.2) is 4.98 Å². The van der Waals surface area contributed by atoms with Gasteiger partial charge in [-0.15, -0.1) is 11.3 Å². The molecule has 5 heteroatoms. The molecule has 1 aromatic heterocycles. The van der Waals surface area contributed by atoms with Crippen LogP contribution in [0.5, 0.6) is 5.75 Å². The first-order chi connectivity index (χ1) is 9.11. The molecule has 0 atom stereocenters. The predicted octanol–water partition coefficient (Wildman–Crippen LogP) is 3.01. The van der Waals surface area contributed by atoms with Crippen molar-refractivity contribution in [1.82, 2.24) is 4.98 Å². The van der Waals surface area contributed by atoms with Gasteiger partial charge in [0, 0.05) is 6.20 Å². The minimum absolute atomic E-state index is 0.414. The second-order valence-corrected chi connectivity index (χ2v) is 5.40. The molecule has 1 heterocycles. The smallest absolute Gasteiger partial charge is 0.252 e. The molecular weight excluding hydrogens is 260 g/mol. The predicted molar refractivity (Wildman–Crippen MR) is 76.6 cm³/mol. The Morgan fingerprint density at radius 1 is 1.47 bits per heavy atom. The van der Waals surface area contributed by atoms with Crippen molar-refractivity contribution in [3.05, 3.63) is 35.0 Å². The number of nitrogens with two attached hydrogens (primary N) is 1. The summed E-state index contributed by atoms with van der Waals surface area (Å²) in [5, 5.41) is 0.988. The molecule has 2 aromatic rings. The number of primary amides is 1. The van der Waals surface area contributed by atoms with Crippen molar-refractivity contribution in [2.24, 2.45) is 5.73 Å². The highest BCUT2D eigenvalue weighted by Gasteiger charge is 2.12. The Morgan fingerprint density at radius 2 is 2.26 bits per heavy atom. The Balaban J connectivity index is 2.38. The Morgan fingerprint density at radius 3 is 2.84 bits per heavy atom. The van der Waals surface area contributed by atoms with Gasteiger partial charge in [-0.2, -0.15) is 0 Å². The first-order valence-electron chi connectivity index (χ1n) is 6.11. The number of hydrogen-bond donors (Lipinski definition) is 1. The maximum absolute atomic E-state index is 11.5. The number of rotatable bonds is 5. The molecule has 0 spiro atoms. The largest absolute Gasteiger partial charge is 0.493 e. The molecule has 0 aliphatic rings. The first kappa shape index (κ1) is 13.5. The summed E-state index contributed by atoms with van der Waals surface area (Å²) in [7, 11) is 0. The van der Waals surface area contributed by atoms with Crippen LogP contribution in [-0.4, -0.2) is 17.5 Å². The van der Waals surface area contributed by atoms with Gasteiger partial charge in [0.25, 0.3) is 5.91 Å². The Kier molecular flexibility index (Phi) is 4.16. The van der Waals surface area contributed by atoms with E-state index in [-0.39, 0.29) is 0 Å². The number of carbonyl (C=O) groups excluding carboxylic acids is 1. The number of benzene rings is 1. The number of nitrogens with zero attached hydrogens (tertiary/aromatic N) is 1. The summed E-state index contributed by atoms with van der Waals surface area (Å²) in [5.74, 6) is 0.0635. The third kappa shape index (κ3) is 3.12. The summed E-state index contributed by atoms with van der Waals surface area (Å²) in [6.07, 6.45) is 2.68. The number of hydrogen-bond acceptors (Lipinski definition) is 4. The minimum Gasteiger partial charge on any atom is -0.493 e. The Labute approximate surface area is 116 Å². The zero-order chi connectivity index (χ0) is 13.8. The van der Waals surface area contributed by atoms with Gasteiger partial charge in [-0.3, -0.25) is 4.79 Å². The van der Waals surface area contributed by atoms with Crippen LogP contribution in [0.2, 0.25) is 0 Å². The molecule has 0 saturated carbocycles. The molecule has 0 radical (unpaired) electrons. The molecule has 0 saturated heterocycles. The number of aromatic nitrogens is 1. The third-order valence-electron chi connectivity index (χ3n) is 2.61. The van der Waals surface area contributed by atoms with Crippen LogP contribution >= 0.6 is 11.3 Å². The van der Waals surface area contributed by atoms with Crippen molar-refractivity contribution in [2.75, 3.05) is 6.61 Å². The zero-order valence-corrected chi connectivity index (χ0v) is 11.8. The van der Waals surface area contributed by atoms with Crippen LogP contribution in [-0.2, 0) is 0 Å². The number of aryl methyl sites for hydroxylation is 1. The van der Waals surface area contributed by atoms with E-state index >= 15 is 0 Å². The molecule has 0 aliphatic heterocycles. The number of ether oxygens (including phenoxy) is 1. The van der Waals surface area contributed by atoms with E-state index in [9.17, 15) is 4.79 Å². The highest BCUT2D eigenvalue weighted by atomic mass is 32.1. The van der Waals surface area contributed by atoms with Gasteiger partial charge in [0.05, 0.1) is 22.1 Å². The molecule has 0 bridgehead atoms. The van der Waals surface area contributed by atoms with Crippen molar-refractivity contribution in [3.63, 3.8) is 0 Å². The molecule has 4 nitrogen and oxygen atoms in total. The van der Waals surface area contributed by atoms with E-state index in [0.717, 1.165) is 21.9 Å². The van der Waals surface area contributed by atoms with Crippen LogP contribution in [0, 0.1) is 6.92 Å². The third-order valence-corrected chi connectivity index (χ3v) is 3.57. The molecule has 2 rings (SSSR count). The van der Waals surface area contributed by atoms with Crippen molar-refractivity contribution < 1.29 is 9.53 Å². The summed E-state index contributed by atoms with van der Waals surface area (Å²) in [6, 6.07) is 5.48. The van der Waals surface area contributed by atoms with Crippen LogP contribution in [0.1, 0.15) is 28.7 Å². The number of thiazole rings is 1. The van der Waals surface area contributed by atoms with E-state index in [1.807, 2.05) is 19.9 Å². The Hall–Kier alpha value is -1.88. The lowest BCUT2D eigenvalue weighted by Gasteiger charge is -2.09. The van der Waals surface area contributed by atoms with Crippen molar-refractivity contribution >= 4 is 17.2 Å². The first-order valence-corrected chi connectivity index (χ1v) is 6.93. The van der Waals surface area contributed by atoms with Gasteiger partial charge in [-0.1, -0.05) is 6.92 Å². The molecule has 1 amide bonds. The summed E-state index contributed by atoms with van der Waals surface area (Å²) in [4.78, 5) is 16.7. The quantitative estimate of drug-likeness (QED) is 0.913. The standard InChI is InChI=1S/C14H16N2O2S/c1-3-6-18-12-5-4-10(7-11(12)14(15)17)13-8-16-9(2)19-13/h4-5,7-8H,3,6H2,1-2H3,(H2,15,17). The summed E-state index contributed by atoms with van der Waals surface area (Å²) in [5.41, 5.74) is 6.75. The van der Waals surface area contributed by atoms with Crippen LogP contribution in [0.25, 0.3) is 10.4 Å². The molecule has 100 valence electrons. The molecule has 0 aliphatic carbocycles. The van der Waals surface area contributed by atoms with Gasteiger partial charge in [0.1, 0.15) is 5.75 Å². The van der Waals surface area contributed by atoms with Crippen molar-refractivity contribution in [2.45, 2.75) is 20.3 Å². The fraction of sp³-hybridized carbons (Fsp3) is 0.286. The average molecular weight is 276 g/mol. The van der Waals surface area contributed by atoms with Crippen LogP contribution in [0.15, 0.2) is 24.4 Å². The van der Waals surface area contributed by atoms with E-state index in [1.165, 1.54) is 0 Å². The lowest BCUT2D eigenvalue weighted by atomic mass is 10.1. The normalized spacial score (nSPS) is 10.4. The summed E-state index contributed by atoms with van der Waals surface area (Å²) < 4.78 is 5.53. The molecule has 0 fully saturated rings. The van der Waals surface area contributed by atoms with Crippen LogP contribution in [0.3, 0.4) is 0 Å². The van der Waals surface area contributed by atoms with Crippen molar-refractivity contribution in [1.29, 1.82) is 0 Å². The van der Waals surface area contributed by atoms with Gasteiger partial charge in [-0.05, 0) is 37.1 Å². The molecule has 1 aromatic carbocycles. The number of carbonyl (C=O) groups is 1. The Bertz CT molecular complexity index is 593. The molecule has 2 N–H and O–H groups in total. The van der Waals surface area contributed by atoms with E-state index in [0.29, 0.717) is 17.9 Å². The van der Waals surface area contributed by atoms with Gasteiger partial charge in [0.15, 0.2) is 0 Å². The SMILES string of the molecule is CCCOc1ccc(-c2cnc(C)s2)cc1C(N)=O. The zero-order valence-electron chi connectivity index (χ0n) is 11.0. The van der Waals surface area contributed by atoms with Gasteiger partial charge in [0.2, 0.25) is 0 Å². The van der Waals surface area contributed by atoms with Gasteiger partial charge < -0.3 is 10.5 Å². The maximum atomic E-state index is 11.5. The maximum Gasteiger partial charge on any atom is 0.252 e. The van der Waals surface area contributed by atoms with Gasteiger partial charge >= 0.3 is 0 Å². The van der Waals surface area contributed by atoms with Crippen molar-refractivity contribution in [3.8, 4) is 16.2 Å². The summed E-state index contributed by atoms with van der Waals surface area (Å²) in [6.45, 7) is 4.53. The highest BCUT2D eigenvalue weighted by molar-refractivity contribution is 7.15. The lowest BCUT2D eigenvalue weighted by molar-refractivity contribution is 0.0996. The molecule has 0 unspecified atom stereocenters. The fourth-order valence-electron chi connectivity index (χ4n) is 1.71. The van der Waals surface area contributed by atoms with Crippen LogP contribution in [0.4, 0.5) is 0 Å². The fourth-order valence-corrected chi connectivity index (χ4v) is 2.48. The number of amides is 1. The van der Waals surface area contributed by atoms with E-state index in [1.54, 1.807) is 29.7 Å². The molecule has 19 heavy (non-hydrogen) atoms. The second kappa shape index (κ2) is 5.84. The van der Waals surface area contributed by atoms with E-state index < -0.39 is 5.91 Å². The van der Waals surface area contributed by atoms with Crippen LogP contribution < -0.4 is 10.5 Å².